The Hall–Kier alpha value is -0.490. The van der Waals surface area contributed by atoms with Crippen molar-refractivity contribution in [3.8, 4) is 0 Å². The fourth-order valence-corrected chi connectivity index (χ4v) is 4.61. The van der Waals surface area contributed by atoms with Crippen molar-refractivity contribution in [2.45, 2.75) is 50.5 Å². The van der Waals surface area contributed by atoms with Gasteiger partial charge in [0.15, 0.2) is 6.29 Å². The molecule has 5 heteroatoms. The van der Waals surface area contributed by atoms with Crippen LogP contribution in [0.4, 0.5) is 0 Å². The Balaban J connectivity index is 1.42. The molecule has 2 bridgehead atoms. The van der Waals surface area contributed by atoms with E-state index < -0.39 is 0 Å². The van der Waals surface area contributed by atoms with Gasteiger partial charge in [0.05, 0.1) is 19.3 Å². The highest BCUT2D eigenvalue weighted by Gasteiger charge is 2.56. The van der Waals surface area contributed by atoms with Crippen LogP contribution in [0.5, 0.6) is 0 Å². The van der Waals surface area contributed by atoms with Gasteiger partial charge in [-0.3, -0.25) is 9.69 Å². The minimum absolute atomic E-state index is 0.0384. The lowest BCUT2D eigenvalue weighted by Crippen LogP contribution is -2.47. The monoisotopic (exact) mass is 295 g/mol. The molecule has 2 aliphatic heterocycles. The fraction of sp³-hybridized carbons (Fsp3) is 0.938. The zero-order valence-corrected chi connectivity index (χ0v) is 12.5. The summed E-state index contributed by atoms with van der Waals surface area (Å²) in [6, 6.07) is 0.384. The summed E-state index contributed by atoms with van der Waals surface area (Å²) in [5, 5.41) is 0. The number of carbonyl (C=O) groups excluding carboxylic acids is 1. The molecule has 2 saturated carbocycles. The number of hydrogen-bond acceptors (Lipinski definition) is 5. The zero-order valence-electron chi connectivity index (χ0n) is 12.5. The maximum atomic E-state index is 12.2. The van der Waals surface area contributed by atoms with Gasteiger partial charge in [-0.15, -0.1) is 0 Å². The van der Waals surface area contributed by atoms with Gasteiger partial charge in [-0.2, -0.15) is 0 Å². The van der Waals surface area contributed by atoms with Crippen LogP contribution in [0.1, 0.15) is 32.1 Å². The van der Waals surface area contributed by atoms with Gasteiger partial charge in [0.2, 0.25) is 0 Å². The van der Waals surface area contributed by atoms with E-state index in [1.54, 1.807) is 0 Å². The molecule has 21 heavy (non-hydrogen) atoms. The van der Waals surface area contributed by atoms with Crippen molar-refractivity contribution >= 4 is 5.78 Å². The van der Waals surface area contributed by atoms with Gasteiger partial charge in [0, 0.05) is 44.0 Å². The quantitative estimate of drug-likeness (QED) is 0.783. The topological polar surface area (TPSA) is 48.0 Å². The second kappa shape index (κ2) is 5.95. The van der Waals surface area contributed by atoms with E-state index in [9.17, 15) is 4.79 Å². The lowest BCUT2D eigenvalue weighted by Gasteiger charge is -2.35. The summed E-state index contributed by atoms with van der Waals surface area (Å²) < 4.78 is 17.4. The van der Waals surface area contributed by atoms with Crippen molar-refractivity contribution in [3.05, 3.63) is 0 Å². The average Bonchev–Trinajstić information content (AvgIpc) is 3.03. The molecule has 4 fully saturated rings. The molecule has 2 aliphatic carbocycles. The molecule has 0 N–H and O–H groups in total. The summed E-state index contributed by atoms with van der Waals surface area (Å²) in [6.07, 6.45) is 5.11. The van der Waals surface area contributed by atoms with Crippen LogP contribution in [0.25, 0.3) is 0 Å². The molecule has 5 atom stereocenters. The Morgan fingerprint density at radius 3 is 2.76 bits per heavy atom. The third kappa shape index (κ3) is 2.65. The smallest absolute Gasteiger partial charge is 0.157 e. The van der Waals surface area contributed by atoms with Crippen LogP contribution in [0, 0.1) is 11.8 Å². The highest BCUT2D eigenvalue weighted by atomic mass is 16.7. The SMILES string of the molecule is O=C1CC2C(OC3CCCCO3)CC1C2N1CCOCC1. The third-order valence-corrected chi connectivity index (χ3v) is 5.60. The Morgan fingerprint density at radius 2 is 2.00 bits per heavy atom. The molecule has 5 nitrogen and oxygen atoms in total. The minimum atomic E-state index is -0.0384. The molecule has 0 amide bonds. The summed E-state index contributed by atoms with van der Waals surface area (Å²) in [4.78, 5) is 14.6. The van der Waals surface area contributed by atoms with Crippen molar-refractivity contribution in [1.29, 1.82) is 0 Å². The minimum Gasteiger partial charge on any atom is -0.379 e. The molecule has 4 rings (SSSR count). The van der Waals surface area contributed by atoms with Crippen molar-refractivity contribution < 1.29 is 19.0 Å². The van der Waals surface area contributed by atoms with Gasteiger partial charge < -0.3 is 14.2 Å². The number of nitrogens with zero attached hydrogens (tertiary/aromatic N) is 1. The Bertz CT molecular complexity index is 390. The highest BCUT2D eigenvalue weighted by Crippen LogP contribution is 2.47. The molecule has 0 radical (unpaired) electrons. The summed E-state index contributed by atoms with van der Waals surface area (Å²) in [5.74, 6) is 0.994. The van der Waals surface area contributed by atoms with Gasteiger partial charge in [0.25, 0.3) is 0 Å². The van der Waals surface area contributed by atoms with Crippen LogP contribution in [0.2, 0.25) is 0 Å². The van der Waals surface area contributed by atoms with Crippen molar-refractivity contribution in [2.75, 3.05) is 32.9 Å². The van der Waals surface area contributed by atoms with Gasteiger partial charge in [0.1, 0.15) is 5.78 Å². The number of ether oxygens (including phenoxy) is 3. The van der Waals surface area contributed by atoms with Crippen molar-refractivity contribution in [2.24, 2.45) is 11.8 Å². The van der Waals surface area contributed by atoms with Crippen LogP contribution in [0.3, 0.4) is 0 Å². The number of ketones is 1. The van der Waals surface area contributed by atoms with E-state index in [2.05, 4.69) is 4.90 Å². The first-order chi connectivity index (χ1) is 10.3. The zero-order chi connectivity index (χ0) is 14.2. The van der Waals surface area contributed by atoms with Crippen LogP contribution in [-0.2, 0) is 19.0 Å². The fourth-order valence-electron chi connectivity index (χ4n) is 4.61. The molecule has 2 heterocycles. The van der Waals surface area contributed by atoms with Crippen LogP contribution in [-0.4, -0.2) is 62.0 Å². The standard InChI is InChI=1S/C16H25NO4/c18-13-9-12-14(21-15-3-1-2-6-20-15)10-11(13)16(12)17-4-7-19-8-5-17/h11-12,14-16H,1-10H2. The Kier molecular flexibility index (Phi) is 4.00. The molecule has 0 spiro atoms. The first kappa shape index (κ1) is 14.1. The van der Waals surface area contributed by atoms with E-state index in [1.807, 2.05) is 0 Å². The number of morpholine rings is 1. The first-order valence-corrected chi connectivity index (χ1v) is 8.44. The summed E-state index contributed by atoms with van der Waals surface area (Å²) >= 11 is 0. The molecule has 0 aromatic heterocycles. The van der Waals surface area contributed by atoms with Gasteiger partial charge in [-0.25, -0.2) is 0 Å². The number of Topliss-reactive ketones (excluding diaryl/α,β-unsaturated/α-hetero) is 1. The van der Waals surface area contributed by atoms with Crippen LogP contribution in [0.15, 0.2) is 0 Å². The van der Waals surface area contributed by atoms with Gasteiger partial charge >= 0.3 is 0 Å². The number of rotatable bonds is 3. The maximum absolute atomic E-state index is 12.2. The summed E-state index contributed by atoms with van der Waals surface area (Å²) in [7, 11) is 0. The van der Waals surface area contributed by atoms with E-state index in [0.717, 1.165) is 52.2 Å². The lowest BCUT2D eigenvalue weighted by molar-refractivity contribution is -0.198. The van der Waals surface area contributed by atoms with Crippen LogP contribution < -0.4 is 0 Å². The molecule has 0 aromatic carbocycles. The van der Waals surface area contributed by atoms with E-state index in [4.69, 9.17) is 14.2 Å². The van der Waals surface area contributed by atoms with Gasteiger partial charge in [-0.1, -0.05) is 0 Å². The predicted octanol–water partition coefficient (Wildman–Crippen LogP) is 1.21. The van der Waals surface area contributed by atoms with E-state index in [-0.39, 0.29) is 18.3 Å². The number of carbonyl (C=O) groups is 1. The summed E-state index contributed by atoms with van der Waals surface area (Å²) in [6.45, 7) is 4.31. The van der Waals surface area contributed by atoms with E-state index in [1.165, 1.54) is 6.42 Å². The third-order valence-electron chi connectivity index (χ3n) is 5.60. The normalized spacial score (nSPS) is 44.4. The number of hydrogen-bond donors (Lipinski definition) is 0. The Morgan fingerprint density at radius 1 is 1.14 bits per heavy atom. The molecular formula is C16H25NO4. The number of fused-ring (bicyclic) bond motifs is 2. The largest absolute Gasteiger partial charge is 0.379 e. The second-order valence-electron chi connectivity index (χ2n) is 6.79. The van der Waals surface area contributed by atoms with Crippen LogP contribution >= 0.6 is 0 Å². The molecular weight excluding hydrogens is 270 g/mol. The molecule has 118 valence electrons. The molecule has 4 aliphatic rings. The second-order valence-corrected chi connectivity index (χ2v) is 6.79. The van der Waals surface area contributed by atoms with Gasteiger partial charge in [-0.05, 0) is 25.7 Å². The van der Waals surface area contributed by atoms with E-state index in [0.29, 0.717) is 24.2 Å². The Labute approximate surface area is 125 Å². The predicted molar refractivity (Wildman–Crippen MR) is 75.9 cm³/mol. The molecule has 2 saturated heterocycles. The molecule has 5 unspecified atom stereocenters. The van der Waals surface area contributed by atoms with Crippen molar-refractivity contribution in [1.82, 2.24) is 4.90 Å². The average molecular weight is 295 g/mol. The summed E-state index contributed by atoms with van der Waals surface area (Å²) in [5.41, 5.74) is 0. The maximum Gasteiger partial charge on any atom is 0.157 e. The van der Waals surface area contributed by atoms with Crippen molar-refractivity contribution in [3.63, 3.8) is 0 Å². The van der Waals surface area contributed by atoms with E-state index >= 15 is 0 Å². The first-order valence-electron chi connectivity index (χ1n) is 8.44. The lowest BCUT2D eigenvalue weighted by atomic mass is 9.96. The highest BCUT2D eigenvalue weighted by molar-refractivity contribution is 5.86. The molecule has 0 aromatic rings.